The fourth-order valence-corrected chi connectivity index (χ4v) is 1.34. The van der Waals surface area contributed by atoms with E-state index in [-0.39, 0.29) is 5.92 Å². The van der Waals surface area contributed by atoms with Gasteiger partial charge in [-0.05, 0) is 18.6 Å². The molecule has 0 fully saturated rings. The molecule has 1 aliphatic carbocycles. The van der Waals surface area contributed by atoms with Gasteiger partial charge in [0, 0.05) is 5.92 Å². The van der Waals surface area contributed by atoms with Gasteiger partial charge in [-0.15, -0.1) is 0 Å². The monoisotopic (exact) mass is 156 g/mol. The van der Waals surface area contributed by atoms with Crippen LogP contribution in [0.3, 0.4) is 0 Å². The van der Waals surface area contributed by atoms with Gasteiger partial charge in [-0.2, -0.15) is 0 Å². The van der Waals surface area contributed by atoms with Crippen LogP contribution in [-0.2, 0) is 4.74 Å². The second kappa shape index (κ2) is 3.07. The van der Waals surface area contributed by atoms with Crippen molar-refractivity contribution in [1.29, 1.82) is 0 Å². The number of methoxy groups -OCH3 is 1. The first-order valence-electron chi connectivity index (χ1n) is 3.74. The van der Waals surface area contributed by atoms with Crippen LogP contribution in [-0.4, -0.2) is 13.3 Å². The van der Waals surface area contributed by atoms with Crippen LogP contribution in [0.25, 0.3) is 0 Å². The highest BCUT2D eigenvalue weighted by atomic mass is 19.1. The maximum absolute atomic E-state index is 13.0. The van der Waals surface area contributed by atoms with Crippen molar-refractivity contribution in [3.8, 4) is 0 Å². The smallest absolute Gasteiger partial charge is 0.128 e. The fraction of sp³-hybridized carbons (Fsp3) is 0.556. The maximum atomic E-state index is 13.0. The highest BCUT2D eigenvalue weighted by molar-refractivity contribution is 5.28. The molecule has 0 aromatic heterocycles. The summed E-state index contributed by atoms with van der Waals surface area (Å²) in [6, 6.07) is 0. The van der Waals surface area contributed by atoms with E-state index in [1.165, 1.54) is 0 Å². The van der Waals surface area contributed by atoms with Crippen LogP contribution < -0.4 is 0 Å². The number of halogens is 1. The zero-order valence-corrected chi connectivity index (χ0v) is 7.10. The predicted molar refractivity (Wildman–Crippen MR) is 42.9 cm³/mol. The number of hydrogen-bond acceptors (Lipinski definition) is 1. The van der Waals surface area contributed by atoms with Gasteiger partial charge in [0.15, 0.2) is 0 Å². The minimum atomic E-state index is -0.895. The number of allylic oxidation sites excluding steroid dienone is 4. The molecule has 2 heteroatoms. The highest BCUT2D eigenvalue weighted by Crippen LogP contribution is 2.27. The van der Waals surface area contributed by atoms with Gasteiger partial charge in [-0.3, -0.25) is 0 Å². The third kappa shape index (κ3) is 1.44. The van der Waals surface area contributed by atoms with Crippen LogP contribution in [0.1, 0.15) is 13.8 Å². The van der Waals surface area contributed by atoms with E-state index in [2.05, 4.69) is 0 Å². The summed E-state index contributed by atoms with van der Waals surface area (Å²) in [7, 11) is 1.58. The van der Waals surface area contributed by atoms with Gasteiger partial charge < -0.3 is 4.74 Å². The molecule has 0 amide bonds. The lowest BCUT2D eigenvalue weighted by Crippen LogP contribution is -2.18. The molecule has 0 saturated heterocycles. The topological polar surface area (TPSA) is 9.23 Å². The molecule has 0 aromatic carbocycles. The van der Waals surface area contributed by atoms with E-state index in [0.717, 1.165) is 11.3 Å². The second-order valence-electron chi connectivity index (χ2n) is 2.84. The maximum Gasteiger partial charge on any atom is 0.128 e. The van der Waals surface area contributed by atoms with Crippen molar-refractivity contribution in [1.82, 2.24) is 0 Å². The van der Waals surface area contributed by atoms with E-state index < -0.39 is 6.17 Å². The van der Waals surface area contributed by atoms with Crippen LogP contribution in [0.2, 0.25) is 0 Å². The third-order valence-corrected chi connectivity index (χ3v) is 2.03. The third-order valence-electron chi connectivity index (χ3n) is 2.03. The number of rotatable bonds is 1. The van der Waals surface area contributed by atoms with Crippen molar-refractivity contribution in [2.75, 3.05) is 7.11 Å². The molecule has 62 valence electrons. The number of alkyl halides is 1. The van der Waals surface area contributed by atoms with Crippen molar-refractivity contribution in [2.45, 2.75) is 20.0 Å². The average molecular weight is 156 g/mol. The first kappa shape index (κ1) is 8.31. The molecule has 1 nitrogen and oxygen atoms in total. The first-order chi connectivity index (χ1) is 5.16. The van der Waals surface area contributed by atoms with Crippen molar-refractivity contribution in [2.24, 2.45) is 5.92 Å². The fourth-order valence-electron chi connectivity index (χ4n) is 1.34. The minimum Gasteiger partial charge on any atom is -0.500 e. The Morgan fingerprint density at radius 1 is 1.55 bits per heavy atom. The molecule has 11 heavy (non-hydrogen) atoms. The summed E-state index contributed by atoms with van der Waals surface area (Å²) in [5, 5.41) is 0. The Kier molecular flexibility index (Phi) is 2.32. The lowest BCUT2D eigenvalue weighted by Gasteiger charge is -2.21. The molecule has 1 rings (SSSR count). The van der Waals surface area contributed by atoms with Gasteiger partial charge in [0.2, 0.25) is 0 Å². The van der Waals surface area contributed by atoms with Gasteiger partial charge in [-0.25, -0.2) is 4.39 Å². The molecule has 0 spiro atoms. The molecule has 0 N–H and O–H groups in total. The van der Waals surface area contributed by atoms with Crippen LogP contribution in [0.5, 0.6) is 0 Å². The van der Waals surface area contributed by atoms with E-state index in [1.807, 2.05) is 13.8 Å². The van der Waals surface area contributed by atoms with Crippen LogP contribution in [0.4, 0.5) is 4.39 Å². The lowest BCUT2D eigenvalue weighted by molar-refractivity contribution is 0.195. The Morgan fingerprint density at radius 2 is 2.18 bits per heavy atom. The van der Waals surface area contributed by atoms with Crippen LogP contribution in [0.15, 0.2) is 23.5 Å². The van der Waals surface area contributed by atoms with Gasteiger partial charge >= 0.3 is 0 Å². The number of ether oxygens (including phenoxy) is 1. The van der Waals surface area contributed by atoms with Gasteiger partial charge in [0.05, 0.1) is 7.11 Å². The Hall–Kier alpha value is -0.790. The highest BCUT2D eigenvalue weighted by Gasteiger charge is 2.23. The normalized spacial score (nSPS) is 30.9. The molecule has 2 atom stereocenters. The summed E-state index contributed by atoms with van der Waals surface area (Å²) >= 11 is 0. The molecule has 0 bridgehead atoms. The molecule has 0 aliphatic heterocycles. The Bertz CT molecular complexity index is 206. The summed E-state index contributed by atoms with van der Waals surface area (Å²) in [6.07, 6.45) is 2.44. The number of hydrogen-bond donors (Lipinski definition) is 0. The molecule has 0 heterocycles. The van der Waals surface area contributed by atoms with Crippen molar-refractivity contribution < 1.29 is 9.13 Å². The molecular formula is C9H13FO. The van der Waals surface area contributed by atoms with Crippen molar-refractivity contribution in [3.05, 3.63) is 23.5 Å². The summed E-state index contributed by atoms with van der Waals surface area (Å²) in [5.74, 6) is 0.630. The Balaban J connectivity index is 2.89. The summed E-state index contributed by atoms with van der Waals surface area (Å²) < 4.78 is 18.1. The van der Waals surface area contributed by atoms with Crippen molar-refractivity contribution >= 4 is 0 Å². The van der Waals surface area contributed by atoms with E-state index in [1.54, 1.807) is 19.3 Å². The van der Waals surface area contributed by atoms with Crippen LogP contribution >= 0.6 is 0 Å². The SMILES string of the molecule is COC1=C(C)C=CC(F)C1C. The predicted octanol–water partition coefficient (Wildman–Crippen LogP) is 2.45. The van der Waals surface area contributed by atoms with E-state index in [0.29, 0.717) is 0 Å². The molecule has 2 unspecified atom stereocenters. The van der Waals surface area contributed by atoms with E-state index in [9.17, 15) is 4.39 Å². The molecule has 0 aromatic rings. The largest absolute Gasteiger partial charge is 0.500 e. The lowest BCUT2D eigenvalue weighted by atomic mass is 9.94. The molecular weight excluding hydrogens is 143 g/mol. The van der Waals surface area contributed by atoms with Crippen molar-refractivity contribution in [3.63, 3.8) is 0 Å². The second-order valence-corrected chi connectivity index (χ2v) is 2.84. The zero-order chi connectivity index (χ0) is 8.43. The Labute approximate surface area is 66.6 Å². The standard InChI is InChI=1S/C9H13FO/c1-6-4-5-8(10)7(2)9(6)11-3/h4-5,7-8H,1-3H3. The van der Waals surface area contributed by atoms with Crippen LogP contribution in [0, 0.1) is 5.92 Å². The van der Waals surface area contributed by atoms with Gasteiger partial charge in [0.25, 0.3) is 0 Å². The van der Waals surface area contributed by atoms with E-state index in [4.69, 9.17) is 4.74 Å². The van der Waals surface area contributed by atoms with Gasteiger partial charge in [0.1, 0.15) is 11.9 Å². The summed E-state index contributed by atoms with van der Waals surface area (Å²) in [6.45, 7) is 3.76. The Morgan fingerprint density at radius 3 is 2.64 bits per heavy atom. The molecule has 0 saturated carbocycles. The summed E-state index contributed by atoms with van der Waals surface area (Å²) in [4.78, 5) is 0. The average Bonchev–Trinajstić information content (AvgIpc) is 1.99. The molecule has 1 aliphatic rings. The summed E-state index contributed by atoms with van der Waals surface area (Å²) in [5.41, 5.74) is 1.02. The quantitative estimate of drug-likeness (QED) is 0.566. The molecule has 0 radical (unpaired) electrons. The first-order valence-corrected chi connectivity index (χ1v) is 3.74. The van der Waals surface area contributed by atoms with Gasteiger partial charge in [-0.1, -0.05) is 13.0 Å². The zero-order valence-electron chi connectivity index (χ0n) is 7.10. The minimum absolute atomic E-state index is 0.134. The van der Waals surface area contributed by atoms with E-state index >= 15 is 0 Å².